The lowest BCUT2D eigenvalue weighted by Crippen LogP contribution is -2.07. The van der Waals surface area contributed by atoms with Crippen LogP contribution in [0.4, 0.5) is 5.00 Å². The Balaban J connectivity index is 0.000000956. The largest absolute Gasteiger partial charge is 0.461 e. The molecule has 2 aromatic rings. The van der Waals surface area contributed by atoms with Gasteiger partial charge in [0.05, 0.1) is 6.61 Å². The fourth-order valence-electron chi connectivity index (χ4n) is 1.58. The van der Waals surface area contributed by atoms with Crippen LogP contribution in [-0.2, 0) is 4.74 Å². The van der Waals surface area contributed by atoms with Gasteiger partial charge in [0, 0.05) is 5.56 Å². The molecule has 0 aliphatic rings. The van der Waals surface area contributed by atoms with Crippen molar-refractivity contribution in [1.29, 1.82) is 0 Å². The highest BCUT2D eigenvalue weighted by atomic mass is 32.1. The second kappa shape index (κ2) is 7.65. The fourth-order valence-corrected chi connectivity index (χ4v) is 2.39. The number of carbonyl (C=O) groups is 1. The zero-order chi connectivity index (χ0) is 15.1. The molecular weight excluding hydrogens is 272 g/mol. The van der Waals surface area contributed by atoms with Crippen molar-refractivity contribution < 1.29 is 9.53 Å². The smallest absolute Gasteiger partial charge is 0.360 e. The Morgan fingerprint density at radius 1 is 1.40 bits per heavy atom. The number of aryl methyl sites for hydroxylation is 1. The number of nitrogens with two attached hydrogens (primary N) is 1. The van der Waals surface area contributed by atoms with Gasteiger partial charge in [-0.1, -0.05) is 48.9 Å². The SMILES string of the molecule is CC.CCOC(=O)c1nc(-c2cccc(C)c2)sc1N. The number of benzene rings is 1. The van der Waals surface area contributed by atoms with Gasteiger partial charge in [0.15, 0.2) is 5.69 Å². The van der Waals surface area contributed by atoms with Gasteiger partial charge < -0.3 is 10.5 Å². The summed E-state index contributed by atoms with van der Waals surface area (Å²) in [5, 5.41) is 1.13. The molecule has 5 heteroatoms. The fraction of sp³-hybridized carbons (Fsp3) is 0.333. The van der Waals surface area contributed by atoms with Gasteiger partial charge in [0.25, 0.3) is 0 Å². The summed E-state index contributed by atoms with van der Waals surface area (Å²) >= 11 is 1.30. The van der Waals surface area contributed by atoms with Gasteiger partial charge in [-0.05, 0) is 19.9 Å². The van der Waals surface area contributed by atoms with Crippen molar-refractivity contribution in [3.05, 3.63) is 35.5 Å². The predicted molar refractivity (Wildman–Crippen MR) is 84.0 cm³/mol. The van der Waals surface area contributed by atoms with Gasteiger partial charge >= 0.3 is 5.97 Å². The van der Waals surface area contributed by atoms with Crippen LogP contribution >= 0.6 is 11.3 Å². The minimum absolute atomic E-state index is 0.207. The van der Waals surface area contributed by atoms with E-state index < -0.39 is 5.97 Å². The lowest BCUT2D eigenvalue weighted by atomic mass is 10.1. The molecule has 4 nitrogen and oxygen atoms in total. The molecule has 0 fully saturated rings. The zero-order valence-corrected chi connectivity index (χ0v) is 13.1. The highest BCUT2D eigenvalue weighted by Gasteiger charge is 2.17. The first-order chi connectivity index (χ1) is 9.61. The van der Waals surface area contributed by atoms with Crippen molar-refractivity contribution in [1.82, 2.24) is 4.98 Å². The second-order valence-electron chi connectivity index (χ2n) is 3.82. The summed E-state index contributed by atoms with van der Waals surface area (Å²) in [6.45, 7) is 8.07. The summed E-state index contributed by atoms with van der Waals surface area (Å²) < 4.78 is 4.91. The van der Waals surface area contributed by atoms with E-state index in [4.69, 9.17) is 10.5 Å². The van der Waals surface area contributed by atoms with Crippen LogP contribution in [0.1, 0.15) is 36.8 Å². The number of rotatable bonds is 3. The van der Waals surface area contributed by atoms with Gasteiger partial charge in [-0.2, -0.15) is 0 Å². The first-order valence-corrected chi connectivity index (χ1v) is 7.44. The maximum atomic E-state index is 11.6. The Hall–Kier alpha value is -1.88. The molecule has 2 rings (SSSR count). The number of nitrogens with zero attached hydrogens (tertiary/aromatic N) is 1. The predicted octanol–water partition coefficient (Wildman–Crippen LogP) is 3.90. The minimum atomic E-state index is -0.467. The molecule has 108 valence electrons. The summed E-state index contributed by atoms with van der Waals surface area (Å²) in [7, 11) is 0. The number of thiazole rings is 1. The van der Waals surface area contributed by atoms with Crippen molar-refractivity contribution in [2.75, 3.05) is 12.3 Å². The van der Waals surface area contributed by atoms with Crippen molar-refractivity contribution in [3.8, 4) is 10.6 Å². The molecule has 0 spiro atoms. The number of hydrogen-bond donors (Lipinski definition) is 1. The normalized spacial score (nSPS) is 9.60. The molecule has 0 unspecified atom stereocenters. The minimum Gasteiger partial charge on any atom is -0.461 e. The van der Waals surface area contributed by atoms with E-state index in [-0.39, 0.29) is 5.69 Å². The molecule has 0 aliphatic carbocycles. The van der Waals surface area contributed by atoms with Crippen molar-refractivity contribution in [3.63, 3.8) is 0 Å². The standard InChI is InChI=1S/C13H14N2O2S.C2H6/c1-3-17-13(16)10-11(14)18-12(15-10)9-6-4-5-8(2)7-9;1-2/h4-7H,3,14H2,1-2H3;1-2H3. The molecule has 0 saturated heterocycles. The Morgan fingerprint density at radius 3 is 2.70 bits per heavy atom. The quantitative estimate of drug-likeness (QED) is 0.871. The first kappa shape index (κ1) is 16.2. The van der Waals surface area contributed by atoms with Gasteiger partial charge in [0.1, 0.15) is 10.0 Å². The molecule has 20 heavy (non-hydrogen) atoms. The summed E-state index contributed by atoms with van der Waals surface area (Å²) in [6.07, 6.45) is 0. The summed E-state index contributed by atoms with van der Waals surface area (Å²) in [5.41, 5.74) is 8.11. The average Bonchev–Trinajstić information content (AvgIpc) is 2.83. The van der Waals surface area contributed by atoms with Crippen molar-refractivity contribution in [2.24, 2.45) is 0 Å². The van der Waals surface area contributed by atoms with Crippen LogP contribution in [0.25, 0.3) is 10.6 Å². The topological polar surface area (TPSA) is 65.2 Å². The Labute approximate surface area is 123 Å². The van der Waals surface area contributed by atoms with E-state index >= 15 is 0 Å². The number of esters is 1. The number of nitrogen functional groups attached to an aromatic ring is 1. The van der Waals surface area contributed by atoms with E-state index in [9.17, 15) is 4.79 Å². The molecule has 0 atom stereocenters. The van der Waals surface area contributed by atoms with Crippen LogP contribution in [-0.4, -0.2) is 17.6 Å². The van der Waals surface area contributed by atoms with Gasteiger partial charge in [-0.3, -0.25) is 0 Å². The lowest BCUT2D eigenvalue weighted by Gasteiger charge is -1.98. The molecule has 2 N–H and O–H groups in total. The lowest BCUT2D eigenvalue weighted by molar-refractivity contribution is 0.0522. The van der Waals surface area contributed by atoms with Crippen LogP contribution in [0.3, 0.4) is 0 Å². The van der Waals surface area contributed by atoms with Gasteiger partial charge in [-0.25, -0.2) is 9.78 Å². The number of aromatic nitrogens is 1. The molecule has 1 heterocycles. The van der Waals surface area contributed by atoms with E-state index in [1.807, 2.05) is 45.0 Å². The molecule has 0 saturated carbocycles. The maximum absolute atomic E-state index is 11.6. The Kier molecular flexibility index (Phi) is 6.18. The van der Waals surface area contributed by atoms with E-state index in [1.54, 1.807) is 6.92 Å². The third-order valence-electron chi connectivity index (χ3n) is 2.39. The van der Waals surface area contributed by atoms with Crippen LogP contribution in [0.5, 0.6) is 0 Å². The number of anilines is 1. The summed E-state index contributed by atoms with van der Waals surface area (Å²) in [6, 6.07) is 7.91. The van der Waals surface area contributed by atoms with Crippen LogP contribution < -0.4 is 5.73 Å². The van der Waals surface area contributed by atoms with Gasteiger partial charge in [0.2, 0.25) is 0 Å². The van der Waals surface area contributed by atoms with Crippen molar-refractivity contribution in [2.45, 2.75) is 27.7 Å². The zero-order valence-electron chi connectivity index (χ0n) is 12.3. The number of ether oxygens (including phenoxy) is 1. The highest BCUT2D eigenvalue weighted by molar-refractivity contribution is 7.19. The average molecular weight is 292 g/mol. The summed E-state index contributed by atoms with van der Waals surface area (Å²) in [4.78, 5) is 15.9. The number of hydrogen-bond acceptors (Lipinski definition) is 5. The van der Waals surface area contributed by atoms with Crippen LogP contribution in [0, 0.1) is 6.92 Å². The molecule has 1 aromatic carbocycles. The number of carbonyl (C=O) groups excluding carboxylic acids is 1. The first-order valence-electron chi connectivity index (χ1n) is 6.62. The molecule has 0 amide bonds. The van der Waals surface area contributed by atoms with E-state index in [2.05, 4.69) is 4.98 Å². The third kappa shape index (κ3) is 3.81. The molecule has 0 bridgehead atoms. The Bertz CT molecular complexity index is 579. The summed E-state index contributed by atoms with van der Waals surface area (Å²) in [5.74, 6) is -0.467. The van der Waals surface area contributed by atoms with Crippen LogP contribution in [0.15, 0.2) is 24.3 Å². The van der Waals surface area contributed by atoms with E-state index in [1.165, 1.54) is 11.3 Å². The van der Waals surface area contributed by atoms with Crippen molar-refractivity contribution >= 4 is 22.3 Å². The van der Waals surface area contributed by atoms with Crippen LogP contribution in [0.2, 0.25) is 0 Å². The Morgan fingerprint density at radius 2 is 2.10 bits per heavy atom. The molecule has 1 aromatic heterocycles. The van der Waals surface area contributed by atoms with E-state index in [0.717, 1.165) is 16.1 Å². The molecule has 0 radical (unpaired) electrons. The molecular formula is C15H20N2O2S. The maximum Gasteiger partial charge on any atom is 0.360 e. The van der Waals surface area contributed by atoms with Gasteiger partial charge in [-0.15, -0.1) is 0 Å². The van der Waals surface area contributed by atoms with E-state index in [0.29, 0.717) is 11.6 Å². The highest BCUT2D eigenvalue weighted by Crippen LogP contribution is 2.30. The third-order valence-corrected chi connectivity index (χ3v) is 3.32. The molecule has 0 aliphatic heterocycles. The monoisotopic (exact) mass is 292 g/mol. The second-order valence-corrected chi connectivity index (χ2v) is 4.85.